The van der Waals surface area contributed by atoms with E-state index in [0.29, 0.717) is 104 Å². The van der Waals surface area contributed by atoms with Gasteiger partial charge >= 0.3 is 12.1 Å². The van der Waals surface area contributed by atoms with Gasteiger partial charge in [0, 0.05) is 30.5 Å². The van der Waals surface area contributed by atoms with Crippen LogP contribution >= 0.6 is 11.8 Å². The van der Waals surface area contributed by atoms with E-state index in [4.69, 9.17) is 33.2 Å². The first-order valence-corrected chi connectivity index (χ1v) is 16.7. The number of thioether (sulfide) groups is 1. The summed E-state index contributed by atoms with van der Waals surface area (Å²) in [7, 11) is 0. The maximum atomic E-state index is 12.0. The summed E-state index contributed by atoms with van der Waals surface area (Å²) in [5.41, 5.74) is -0.514. The highest BCUT2D eigenvalue weighted by atomic mass is 32.2. The fourth-order valence-electron chi connectivity index (χ4n) is 4.37. The van der Waals surface area contributed by atoms with Gasteiger partial charge in [0.15, 0.2) is 0 Å². The lowest BCUT2D eigenvalue weighted by atomic mass is 10.0. The molecule has 14 nitrogen and oxygen atoms in total. The number of urea groups is 1. The number of unbranched alkanes of at least 4 members (excludes halogenated alkanes) is 1. The minimum atomic E-state index is -0.514. The molecule has 2 aliphatic heterocycles. The summed E-state index contributed by atoms with van der Waals surface area (Å²) < 4.78 is 37.8. The third kappa shape index (κ3) is 19.5. The van der Waals surface area contributed by atoms with Gasteiger partial charge < -0.3 is 54.4 Å². The zero-order chi connectivity index (χ0) is 31.9. The molecule has 0 aliphatic carbocycles. The van der Waals surface area contributed by atoms with Crippen molar-refractivity contribution in [3.05, 3.63) is 0 Å². The number of ether oxygens (including phenoxy) is 7. The summed E-state index contributed by atoms with van der Waals surface area (Å²) >= 11 is 1.90. The normalized spacial score (nSPS) is 19.3. The summed E-state index contributed by atoms with van der Waals surface area (Å²) in [6.45, 7) is 11.8. The quantitative estimate of drug-likeness (QED) is 0.0792. The van der Waals surface area contributed by atoms with Crippen molar-refractivity contribution in [1.29, 1.82) is 0 Å². The molecule has 0 aromatic carbocycles. The average molecular weight is 651 g/mol. The molecular formula is C29H54N4O10S. The molecule has 4 amide bonds. The van der Waals surface area contributed by atoms with Crippen molar-refractivity contribution in [1.82, 2.24) is 21.3 Å². The van der Waals surface area contributed by atoms with E-state index in [1.54, 1.807) is 0 Å². The molecule has 0 aromatic rings. The monoisotopic (exact) mass is 650 g/mol. The van der Waals surface area contributed by atoms with Crippen molar-refractivity contribution >= 4 is 29.8 Å². The lowest BCUT2D eigenvalue weighted by molar-refractivity contribution is -0.121. The van der Waals surface area contributed by atoms with Crippen LogP contribution in [0.1, 0.15) is 46.5 Å². The first kappa shape index (κ1) is 38.3. The summed E-state index contributed by atoms with van der Waals surface area (Å²) in [6, 6.07) is 0.407. The molecule has 2 rings (SSSR count). The molecule has 2 aliphatic rings. The number of carbonyl (C=O) groups is 3. The van der Waals surface area contributed by atoms with Crippen molar-refractivity contribution in [2.45, 2.75) is 69.4 Å². The molecule has 2 heterocycles. The van der Waals surface area contributed by atoms with E-state index in [-0.39, 0.29) is 24.0 Å². The van der Waals surface area contributed by atoms with E-state index in [1.807, 2.05) is 32.5 Å². The van der Waals surface area contributed by atoms with Crippen molar-refractivity contribution in [3.8, 4) is 0 Å². The van der Waals surface area contributed by atoms with E-state index in [1.165, 1.54) is 0 Å². The SMILES string of the molecule is CC(C)(C)OC(=O)NCCOCCOCCOCCOCCOCCOCCNC(=O)CCCC[C@@H]1SC[C@@H]2NC(=O)N[C@@H]21. The van der Waals surface area contributed by atoms with Gasteiger partial charge in [-0.05, 0) is 33.6 Å². The van der Waals surface area contributed by atoms with E-state index in [9.17, 15) is 14.4 Å². The van der Waals surface area contributed by atoms with Crippen LogP contribution in [0.25, 0.3) is 0 Å². The van der Waals surface area contributed by atoms with Gasteiger partial charge in [-0.3, -0.25) is 4.79 Å². The Kier molecular flexibility index (Phi) is 20.4. The van der Waals surface area contributed by atoms with E-state index >= 15 is 0 Å². The third-order valence-corrected chi connectivity index (χ3v) is 7.93. The summed E-state index contributed by atoms with van der Waals surface area (Å²) in [4.78, 5) is 34.9. The summed E-state index contributed by atoms with van der Waals surface area (Å²) in [6.07, 6.45) is 2.88. The minimum Gasteiger partial charge on any atom is -0.444 e. The number of nitrogens with one attached hydrogen (secondary N) is 4. The van der Waals surface area contributed by atoms with Crippen LogP contribution in [0.2, 0.25) is 0 Å². The van der Waals surface area contributed by atoms with Crippen molar-refractivity contribution in [2.24, 2.45) is 0 Å². The maximum Gasteiger partial charge on any atom is 0.407 e. The Morgan fingerprint density at radius 2 is 1.25 bits per heavy atom. The predicted octanol–water partition coefficient (Wildman–Crippen LogP) is 1.45. The largest absolute Gasteiger partial charge is 0.444 e. The zero-order valence-electron chi connectivity index (χ0n) is 26.7. The Labute approximate surface area is 266 Å². The molecule has 0 spiro atoms. The molecule has 0 saturated carbocycles. The summed E-state index contributed by atoms with van der Waals surface area (Å²) in [5, 5.41) is 11.9. The highest BCUT2D eigenvalue weighted by Crippen LogP contribution is 2.33. The van der Waals surface area contributed by atoms with Crippen molar-refractivity contribution in [3.63, 3.8) is 0 Å². The standard InChI is InChI=1S/C29H54N4O10S/c1-29(2,3)43-28(36)31-9-11-38-13-15-40-17-19-42-21-20-41-18-16-39-14-12-37-10-8-30-25(34)7-5-4-6-24-26-23(22-44-24)32-27(35)33-26/h23-24,26H,4-22H2,1-3H3,(H,30,34)(H,31,36)(H2,32,33,35)/t23-,24-,26-/m0/s1. The molecule has 15 heteroatoms. The molecule has 2 fully saturated rings. The van der Waals surface area contributed by atoms with Crippen LogP contribution in [0, 0.1) is 0 Å². The van der Waals surface area contributed by atoms with Crippen molar-refractivity contribution < 1.29 is 47.5 Å². The molecular weight excluding hydrogens is 596 g/mol. The molecule has 3 atom stereocenters. The molecule has 0 aromatic heterocycles. The van der Waals surface area contributed by atoms with E-state index in [2.05, 4.69) is 21.3 Å². The van der Waals surface area contributed by atoms with Gasteiger partial charge in [0.25, 0.3) is 0 Å². The number of hydrogen-bond donors (Lipinski definition) is 4. The van der Waals surface area contributed by atoms with Gasteiger partial charge in [-0.15, -0.1) is 0 Å². The van der Waals surface area contributed by atoms with Crippen LogP contribution in [0.15, 0.2) is 0 Å². The Hall–Kier alpha value is -1.88. The van der Waals surface area contributed by atoms with Gasteiger partial charge in [0.2, 0.25) is 5.91 Å². The van der Waals surface area contributed by atoms with E-state index in [0.717, 1.165) is 25.0 Å². The molecule has 256 valence electrons. The summed E-state index contributed by atoms with van der Waals surface area (Å²) in [5.74, 6) is 1.000. The van der Waals surface area contributed by atoms with Crippen LogP contribution in [-0.2, 0) is 38.0 Å². The fourth-order valence-corrected chi connectivity index (χ4v) is 5.91. The number of amides is 4. The Morgan fingerprint density at radius 3 is 1.77 bits per heavy atom. The first-order valence-electron chi connectivity index (χ1n) is 15.6. The molecule has 44 heavy (non-hydrogen) atoms. The fraction of sp³-hybridized carbons (Fsp3) is 0.897. The van der Waals surface area contributed by atoms with Crippen LogP contribution in [0.5, 0.6) is 0 Å². The van der Waals surface area contributed by atoms with Gasteiger partial charge in [-0.2, -0.15) is 11.8 Å². The number of alkyl carbamates (subject to hydrolysis) is 1. The van der Waals surface area contributed by atoms with Gasteiger partial charge in [0.1, 0.15) is 5.60 Å². The number of hydrogen-bond acceptors (Lipinski definition) is 11. The minimum absolute atomic E-state index is 0.0408. The zero-order valence-corrected chi connectivity index (χ0v) is 27.5. The van der Waals surface area contributed by atoms with Crippen LogP contribution in [-0.4, -0.2) is 139 Å². The highest BCUT2D eigenvalue weighted by molar-refractivity contribution is 8.00. The second kappa shape index (κ2) is 23.5. The second-order valence-corrected chi connectivity index (χ2v) is 12.6. The lowest BCUT2D eigenvalue weighted by Crippen LogP contribution is -2.36. The number of carbonyl (C=O) groups excluding carboxylic acids is 3. The molecule has 0 bridgehead atoms. The molecule has 0 radical (unpaired) electrons. The molecule has 2 saturated heterocycles. The van der Waals surface area contributed by atoms with Crippen LogP contribution in [0.4, 0.5) is 9.59 Å². The number of rotatable bonds is 26. The molecule has 4 N–H and O–H groups in total. The highest BCUT2D eigenvalue weighted by Gasteiger charge is 2.42. The number of fused-ring (bicyclic) bond motifs is 1. The average Bonchev–Trinajstić information content (AvgIpc) is 3.52. The van der Waals surface area contributed by atoms with Crippen molar-refractivity contribution in [2.75, 3.05) is 98.1 Å². The van der Waals surface area contributed by atoms with Crippen LogP contribution < -0.4 is 21.3 Å². The first-order chi connectivity index (χ1) is 21.2. The predicted molar refractivity (Wildman–Crippen MR) is 166 cm³/mol. The van der Waals surface area contributed by atoms with E-state index < -0.39 is 11.7 Å². The Bertz CT molecular complexity index is 805. The second-order valence-electron chi connectivity index (χ2n) is 11.3. The molecule has 0 unspecified atom stereocenters. The third-order valence-electron chi connectivity index (χ3n) is 6.42. The Morgan fingerprint density at radius 1 is 0.750 bits per heavy atom. The van der Waals surface area contributed by atoms with Gasteiger partial charge in [-0.1, -0.05) is 6.42 Å². The topological polar surface area (TPSA) is 164 Å². The van der Waals surface area contributed by atoms with Gasteiger partial charge in [0.05, 0.1) is 91.4 Å². The maximum absolute atomic E-state index is 12.0. The Balaban J connectivity index is 1.21. The smallest absolute Gasteiger partial charge is 0.407 e. The lowest BCUT2D eigenvalue weighted by Gasteiger charge is -2.19. The van der Waals surface area contributed by atoms with Crippen LogP contribution in [0.3, 0.4) is 0 Å². The van der Waals surface area contributed by atoms with Gasteiger partial charge in [-0.25, -0.2) is 9.59 Å².